The molecule has 0 fully saturated rings. The molecule has 1 amide bonds. The summed E-state index contributed by atoms with van der Waals surface area (Å²) in [5.74, 6) is 1.09. The third-order valence-corrected chi connectivity index (χ3v) is 6.37. The lowest BCUT2D eigenvalue weighted by Crippen LogP contribution is -2.27. The molecule has 3 aromatic heterocycles. The van der Waals surface area contributed by atoms with Gasteiger partial charge in [-0.1, -0.05) is 11.6 Å². The Hall–Kier alpha value is -4.27. The fourth-order valence-corrected chi connectivity index (χ4v) is 4.35. The molecule has 0 bridgehead atoms. The largest absolute Gasteiger partial charge is 0.371 e. The molecule has 0 aliphatic carbocycles. The highest BCUT2D eigenvalue weighted by molar-refractivity contribution is 6.05. The van der Waals surface area contributed by atoms with Gasteiger partial charge in [0.25, 0.3) is 5.91 Å². The van der Waals surface area contributed by atoms with Crippen molar-refractivity contribution in [3.63, 3.8) is 0 Å². The van der Waals surface area contributed by atoms with Crippen molar-refractivity contribution in [1.82, 2.24) is 34.8 Å². The molecule has 0 saturated carbocycles. The Morgan fingerprint density at radius 3 is 2.69 bits per heavy atom. The Labute approximate surface area is 203 Å². The van der Waals surface area contributed by atoms with Gasteiger partial charge in [0.15, 0.2) is 11.6 Å². The summed E-state index contributed by atoms with van der Waals surface area (Å²) in [4.78, 5) is 25.0. The van der Waals surface area contributed by atoms with Crippen LogP contribution in [0.5, 0.6) is 0 Å². The first-order chi connectivity index (χ1) is 16.9. The van der Waals surface area contributed by atoms with Crippen LogP contribution in [0.4, 0.5) is 5.82 Å². The van der Waals surface area contributed by atoms with E-state index in [1.165, 1.54) is 0 Å². The number of fused-ring (bicyclic) bond motifs is 2. The number of nitrogens with one attached hydrogen (secondary N) is 2. The lowest BCUT2D eigenvalue weighted by Gasteiger charge is -2.18. The molecule has 5 aromatic rings. The van der Waals surface area contributed by atoms with Crippen LogP contribution in [0.3, 0.4) is 0 Å². The van der Waals surface area contributed by atoms with Gasteiger partial charge in [0.05, 0.1) is 17.2 Å². The van der Waals surface area contributed by atoms with Crippen molar-refractivity contribution in [1.29, 1.82) is 0 Å². The molecular weight excluding hydrogens is 440 g/mol. The molecule has 0 aliphatic heterocycles. The van der Waals surface area contributed by atoms with Gasteiger partial charge in [0, 0.05) is 54.8 Å². The Morgan fingerprint density at radius 2 is 1.94 bits per heavy atom. The number of hydrogen-bond acceptors (Lipinski definition) is 6. The standard InChI is InChI=1S/C26H28N8O/c1-6-34-16(3)18(13-28-34)14-33(5)26(35)23-19-11-15(2)7-9-21(19)29-24(30-23)17-8-10-22-20(12-17)25(27-4)32-31-22/h7-13H,6,14H2,1-5H3,(H2,27,31,32). The molecule has 0 unspecified atom stereocenters. The van der Waals surface area contributed by atoms with Crippen LogP contribution in [-0.4, -0.2) is 54.8 Å². The molecule has 0 aliphatic rings. The quantitative estimate of drug-likeness (QED) is 0.385. The van der Waals surface area contributed by atoms with Crippen molar-refractivity contribution in [3.05, 3.63) is 65.1 Å². The average Bonchev–Trinajstić information content (AvgIpc) is 3.45. The SMILES string of the molecule is CCn1ncc(CN(C)C(=O)c2nc(-c3ccc4[nH]nc(NC)c4c3)nc3ccc(C)cc23)c1C. The second-order valence-electron chi connectivity index (χ2n) is 8.73. The zero-order chi connectivity index (χ0) is 24.7. The predicted octanol–water partition coefficient (Wildman–Crippen LogP) is 4.32. The molecular formula is C26H28N8O. The Bertz CT molecular complexity index is 1560. The zero-order valence-corrected chi connectivity index (χ0v) is 20.5. The van der Waals surface area contributed by atoms with E-state index in [4.69, 9.17) is 9.97 Å². The van der Waals surface area contributed by atoms with Crippen molar-refractivity contribution < 1.29 is 4.79 Å². The van der Waals surface area contributed by atoms with Gasteiger partial charge in [-0.15, -0.1) is 0 Å². The van der Waals surface area contributed by atoms with Crippen LogP contribution < -0.4 is 5.32 Å². The second kappa shape index (κ2) is 8.83. The van der Waals surface area contributed by atoms with E-state index in [2.05, 4.69) is 27.5 Å². The van der Waals surface area contributed by atoms with E-state index in [0.717, 1.165) is 56.6 Å². The van der Waals surface area contributed by atoms with Crippen LogP contribution in [-0.2, 0) is 13.1 Å². The smallest absolute Gasteiger partial charge is 0.273 e. The number of aryl methyl sites for hydroxylation is 2. The summed E-state index contributed by atoms with van der Waals surface area (Å²) in [6, 6.07) is 11.8. The summed E-state index contributed by atoms with van der Waals surface area (Å²) in [5, 5.41) is 16.5. The maximum atomic E-state index is 13.7. The fourth-order valence-electron chi connectivity index (χ4n) is 4.35. The average molecular weight is 469 g/mol. The summed E-state index contributed by atoms with van der Waals surface area (Å²) in [7, 11) is 3.63. The fraction of sp³-hybridized carbons (Fsp3) is 0.269. The minimum atomic E-state index is -0.159. The van der Waals surface area contributed by atoms with Gasteiger partial charge in [-0.2, -0.15) is 10.2 Å². The Morgan fingerprint density at radius 1 is 1.11 bits per heavy atom. The lowest BCUT2D eigenvalue weighted by atomic mass is 10.1. The van der Waals surface area contributed by atoms with Crippen LogP contribution in [0.15, 0.2) is 42.6 Å². The summed E-state index contributed by atoms with van der Waals surface area (Å²) < 4.78 is 1.93. The van der Waals surface area contributed by atoms with E-state index < -0.39 is 0 Å². The first kappa shape index (κ1) is 22.5. The summed E-state index contributed by atoms with van der Waals surface area (Å²) in [6.07, 6.45) is 1.83. The number of aromatic amines is 1. The number of carbonyl (C=O) groups is 1. The number of carbonyl (C=O) groups excluding carboxylic acids is 1. The van der Waals surface area contributed by atoms with E-state index in [1.54, 1.807) is 11.9 Å². The maximum Gasteiger partial charge on any atom is 0.273 e. The van der Waals surface area contributed by atoms with Crippen LogP contribution in [0.2, 0.25) is 0 Å². The molecule has 9 heteroatoms. The first-order valence-electron chi connectivity index (χ1n) is 11.6. The lowest BCUT2D eigenvalue weighted by molar-refractivity contribution is 0.0781. The van der Waals surface area contributed by atoms with Gasteiger partial charge in [-0.25, -0.2) is 9.97 Å². The van der Waals surface area contributed by atoms with E-state index in [9.17, 15) is 4.79 Å². The minimum absolute atomic E-state index is 0.159. The predicted molar refractivity (Wildman–Crippen MR) is 137 cm³/mol. The maximum absolute atomic E-state index is 13.7. The van der Waals surface area contributed by atoms with Crippen molar-refractivity contribution in [2.24, 2.45) is 0 Å². The topological polar surface area (TPSA) is 105 Å². The van der Waals surface area contributed by atoms with E-state index in [-0.39, 0.29) is 5.91 Å². The van der Waals surface area contributed by atoms with Crippen molar-refractivity contribution in [2.45, 2.75) is 33.9 Å². The molecule has 0 saturated heterocycles. The summed E-state index contributed by atoms with van der Waals surface area (Å²) >= 11 is 0. The molecule has 2 aromatic carbocycles. The van der Waals surface area contributed by atoms with Gasteiger partial charge in [-0.05, 0) is 51.1 Å². The highest BCUT2D eigenvalue weighted by Gasteiger charge is 2.21. The van der Waals surface area contributed by atoms with Crippen LogP contribution in [0, 0.1) is 13.8 Å². The molecule has 5 rings (SSSR count). The van der Waals surface area contributed by atoms with Gasteiger partial charge >= 0.3 is 0 Å². The number of H-pyrrole nitrogens is 1. The Kier molecular flexibility index (Phi) is 5.68. The molecule has 9 nitrogen and oxygen atoms in total. The number of benzene rings is 2. The van der Waals surface area contributed by atoms with Crippen LogP contribution >= 0.6 is 0 Å². The molecule has 2 N–H and O–H groups in total. The summed E-state index contributed by atoms with van der Waals surface area (Å²) in [5.41, 5.74) is 5.96. The number of rotatable bonds is 6. The van der Waals surface area contributed by atoms with E-state index in [0.29, 0.717) is 18.1 Å². The first-order valence-corrected chi connectivity index (χ1v) is 11.6. The summed E-state index contributed by atoms with van der Waals surface area (Å²) in [6.45, 7) is 7.32. The van der Waals surface area contributed by atoms with E-state index in [1.807, 2.05) is 68.2 Å². The minimum Gasteiger partial charge on any atom is -0.371 e. The highest BCUT2D eigenvalue weighted by Crippen LogP contribution is 2.28. The van der Waals surface area contributed by atoms with Crippen molar-refractivity contribution in [3.8, 4) is 11.4 Å². The number of nitrogens with zero attached hydrogens (tertiary/aromatic N) is 6. The monoisotopic (exact) mass is 468 g/mol. The van der Waals surface area contributed by atoms with Gasteiger partial charge in [0.2, 0.25) is 0 Å². The van der Waals surface area contributed by atoms with Crippen LogP contribution in [0.25, 0.3) is 33.2 Å². The number of amides is 1. The number of aromatic nitrogens is 6. The molecule has 0 radical (unpaired) electrons. The zero-order valence-electron chi connectivity index (χ0n) is 20.5. The van der Waals surface area contributed by atoms with E-state index >= 15 is 0 Å². The molecule has 0 spiro atoms. The molecule has 0 atom stereocenters. The van der Waals surface area contributed by atoms with Crippen molar-refractivity contribution >= 4 is 33.5 Å². The van der Waals surface area contributed by atoms with Gasteiger partial charge < -0.3 is 10.2 Å². The molecule has 35 heavy (non-hydrogen) atoms. The molecule has 178 valence electrons. The normalized spacial score (nSPS) is 11.3. The van der Waals surface area contributed by atoms with Gasteiger partial charge in [-0.3, -0.25) is 14.6 Å². The molecule has 3 heterocycles. The number of anilines is 1. The van der Waals surface area contributed by atoms with Crippen molar-refractivity contribution in [2.75, 3.05) is 19.4 Å². The third-order valence-electron chi connectivity index (χ3n) is 6.37. The highest BCUT2D eigenvalue weighted by atomic mass is 16.2. The Balaban J connectivity index is 1.59. The second-order valence-corrected chi connectivity index (χ2v) is 8.73. The van der Waals surface area contributed by atoms with Crippen LogP contribution in [0.1, 0.15) is 34.2 Å². The number of hydrogen-bond donors (Lipinski definition) is 2. The van der Waals surface area contributed by atoms with Gasteiger partial charge in [0.1, 0.15) is 5.69 Å². The third kappa shape index (κ3) is 3.99.